The number of aromatic nitrogens is 1. The van der Waals surface area contributed by atoms with Gasteiger partial charge in [-0.1, -0.05) is 115 Å². The van der Waals surface area contributed by atoms with Crippen molar-refractivity contribution >= 4 is 71.6 Å². The van der Waals surface area contributed by atoms with Crippen molar-refractivity contribution in [2.24, 2.45) is 0 Å². The van der Waals surface area contributed by atoms with Crippen LogP contribution < -0.4 is 4.90 Å². The van der Waals surface area contributed by atoms with Crippen LogP contribution in [0.3, 0.4) is 0 Å². The van der Waals surface area contributed by atoms with Gasteiger partial charge in [0.25, 0.3) is 0 Å². The lowest BCUT2D eigenvalue weighted by atomic mass is 10.0. The minimum atomic E-state index is 0.867. The molecule has 0 N–H and O–H groups in total. The molecule has 0 fully saturated rings. The molecule has 0 atom stereocenters. The standard InChI is InChI=1S/C46H30N2O/c1-3-12-31(13-4-1)32-22-24-36(25-23-32)47(44-21-11-19-39-41-28-33-14-7-8-15-34(33)29-45(41)49-46(39)44)37-26-27-43-40(30-37)38-18-9-10-20-42(38)48(43)35-16-5-2-6-17-35/h1-30H. The quantitative estimate of drug-likeness (QED) is 0.190. The van der Waals surface area contributed by atoms with E-state index in [-0.39, 0.29) is 0 Å². The molecule has 230 valence electrons. The SMILES string of the molecule is c1ccc(-c2ccc(N(c3ccc4c(c3)c3ccccc3n4-c3ccccc3)c3cccc4c3oc3cc5ccccc5cc34)cc2)cc1. The maximum atomic E-state index is 6.78. The normalized spacial score (nSPS) is 11.7. The summed E-state index contributed by atoms with van der Waals surface area (Å²) in [6.45, 7) is 0. The van der Waals surface area contributed by atoms with E-state index in [2.05, 4.69) is 191 Å². The Hall–Kier alpha value is -6.58. The van der Waals surface area contributed by atoms with Gasteiger partial charge in [-0.2, -0.15) is 0 Å². The van der Waals surface area contributed by atoms with Crippen LogP contribution in [0.1, 0.15) is 0 Å². The van der Waals surface area contributed by atoms with Crippen molar-refractivity contribution in [1.29, 1.82) is 0 Å². The van der Waals surface area contributed by atoms with Crippen LogP contribution in [-0.2, 0) is 0 Å². The van der Waals surface area contributed by atoms with E-state index in [9.17, 15) is 0 Å². The van der Waals surface area contributed by atoms with E-state index in [1.165, 1.54) is 43.7 Å². The second-order valence-corrected chi connectivity index (χ2v) is 12.6. The summed E-state index contributed by atoms with van der Waals surface area (Å²) in [6.07, 6.45) is 0. The molecular weight excluding hydrogens is 597 g/mol. The third kappa shape index (κ3) is 4.44. The summed E-state index contributed by atoms with van der Waals surface area (Å²) in [7, 11) is 0. The van der Waals surface area contributed by atoms with E-state index >= 15 is 0 Å². The molecule has 10 rings (SSSR count). The summed E-state index contributed by atoms with van der Waals surface area (Å²) < 4.78 is 9.14. The van der Waals surface area contributed by atoms with Gasteiger partial charge in [-0.25, -0.2) is 0 Å². The lowest BCUT2D eigenvalue weighted by Crippen LogP contribution is -2.10. The molecular formula is C46H30N2O. The number of hydrogen-bond donors (Lipinski definition) is 0. The molecule has 49 heavy (non-hydrogen) atoms. The first-order chi connectivity index (χ1) is 24.3. The molecule has 0 aliphatic heterocycles. The fourth-order valence-corrected chi connectivity index (χ4v) is 7.46. The zero-order chi connectivity index (χ0) is 32.3. The Kier molecular flexibility index (Phi) is 6.18. The minimum absolute atomic E-state index is 0.867. The van der Waals surface area contributed by atoms with Gasteiger partial charge in [0.05, 0.1) is 16.7 Å². The van der Waals surface area contributed by atoms with Crippen molar-refractivity contribution in [3.8, 4) is 16.8 Å². The average molecular weight is 627 g/mol. The molecule has 0 amide bonds. The zero-order valence-electron chi connectivity index (χ0n) is 26.6. The fraction of sp³-hybridized carbons (Fsp3) is 0. The number of hydrogen-bond acceptors (Lipinski definition) is 2. The number of rotatable bonds is 5. The molecule has 0 spiro atoms. The highest BCUT2D eigenvalue weighted by molar-refractivity contribution is 6.15. The Labute approximate surface area is 283 Å². The first kappa shape index (κ1) is 27.5. The molecule has 10 aromatic rings. The summed E-state index contributed by atoms with van der Waals surface area (Å²) in [5.74, 6) is 0. The van der Waals surface area contributed by atoms with Crippen molar-refractivity contribution in [1.82, 2.24) is 4.57 Å². The number of nitrogens with zero attached hydrogens (tertiary/aromatic N) is 2. The topological polar surface area (TPSA) is 21.3 Å². The van der Waals surface area contributed by atoms with Gasteiger partial charge in [0, 0.05) is 38.6 Å². The van der Waals surface area contributed by atoms with E-state index in [0.717, 1.165) is 44.7 Å². The predicted octanol–water partition coefficient (Wildman–Crippen LogP) is 13.0. The number of furan rings is 1. The number of benzene rings is 8. The molecule has 0 bridgehead atoms. The number of para-hydroxylation sites is 3. The van der Waals surface area contributed by atoms with E-state index in [1.807, 2.05) is 0 Å². The smallest absolute Gasteiger partial charge is 0.159 e. The first-order valence-corrected chi connectivity index (χ1v) is 16.7. The maximum Gasteiger partial charge on any atom is 0.159 e. The van der Waals surface area contributed by atoms with Crippen molar-refractivity contribution in [3.05, 3.63) is 182 Å². The molecule has 2 aromatic heterocycles. The highest BCUT2D eigenvalue weighted by Crippen LogP contribution is 2.45. The van der Waals surface area contributed by atoms with Gasteiger partial charge in [-0.3, -0.25) is 0 Å². The van der Waals surface area contributed by atoms with Gasteiger partial charge in [-0.15, -0.1) is 0 Å². The number of fused-ring (bicyclic) bond motifs is 7. The molecule has 0 saturated carbocycles. The monoisotopic (exact) mass is 626 g/mol. The molecule has 8 aromatic carbocycles. The Morgan fingerprint density at radius 2 is 1.04 bits per heavy atom. The zero-order valence-corrected chi connectivity index (χ0v) is 26.6. The average Bonchev–Trinajstić information content (AvgIpc) is 3.70. The van der Waals surface area contributed by atoms with Gasteiger partial charge in [0.2, 0.25) is 0 Å². The molecule has 0 saturated heterocycles. The summed E-state index contributed by atoms with van der Waals surface area (Å²) in [6, 6.07) is 64.9. The summed E-state index contributed by atoms with van der Waals surface area (Å²) in [5.41, 5.74) is 10.8. The van der Waals surface area contributed by atoms with Crippen LogP contribution in [0.4, 0.5) is 17.1 Å². The molecule has 0 aliphatic carbocycles. The second-order valence-electron chi connectivity index (χ2n) is 12.6. The molecule has 0 unspecified atom stereocenters. The van der Waals surface area contributed by atoms with Crippen LogP contribution in [0, 0.1) is 0 Å². The summed E-state index contributed by atoms with van der Waals surface area (Å²) in [5, 5.41) is 7.02. The number of anilines is 3. The Morgan fingerprint density at radius 1 is 0.408 bits per heavy atom. The summed E-state index contributed by atoms with van der Waals surface area (Å²) in [4.78, 5) is 2.34. The maximum absolute atomic E-state index is 6.78. The van der Waals surface area contributed by atoms with Crippen LogP contribution >= 0.6 is 0 Å². The van der Waals surface area contributed by atoms with E-state index < -0.39 is 0 Å². The molecule has 3 nitrogen and oxygen atoms in total. The van der Waals surface area contributed by atoms with Crippen LogP contribution in [0.5, 0.6) is 0 Å². The Balaban J connectivity index is 1.22. The molecule has 0 radical (unpaired) electrons. The molecule has 3 heteroatoms. The fourth-order valence-electron chi connectivity index (χ4n) is 7.46. The van der Waals surface area contributed by atoms with E-state index in [1.54, 1.807) is 0 Å². The first-order valence-electron chi connectivity index (χ1n) is 16.7. The lowest BCUT2D eigenvalue weighted by Gasteiger charge is -2.26. The van der Waals surface area contributed by atoms with Crippen LogP contribution in [0.15, 0.2) is 186 Å². The minimum Gasteiger partial charge on any atom is -0.454 e. The Morgan fingerprint density at radius 3 is 1.86 bits per heavy atom. The third-order valence-corrected chi connectivity index (χ3v) is 9.75. The highest BCUT2D eigenvalue weighted by Gasteiger charge is 2.21. The van der Waals surface area contributed by atoms with Gasteiger partial charge in [0.15, 0.2) is 5.58 Å². The van der Waals surface area contributed by atoms with Crippen molar-refractivity contribution in [2.45, 2.75) is 0 Å². The highest BCUT2D eigenvalue weighted by atomic mass is 16.3. The van der Waals surface area contributed by atoms with Crippen LogP contribution in [0.2, 0.25) is 0 Å². The third-order valence-electron chi connectivity index (χ3n) is 9.75. The lowest BCUT2D eigenvalue weighted by molar-refractivity contribution is 0.669. The van der Waals surface area contributed by atoms with Crippen LogP contribution in [-0.4, -0.2) is 4.57 Å². The largest absolute Gasteiger partial charge is 0.454 e. The second kappa shape index (κ2) is 11.0. The predicted molar refractivity (Wildman–Crippen MR) is 206 cm³/mol. The van der Waals surface area contributed by atoms with Gasteiger partial charge in [-0.05, 0) is 88.6 Å². The Bertz CT molecular complexity index is 2810. The van der Waals surface area contributed by atoms with E-state index in [0.29, 0.717) is 0 Å². The molecule has 2 heterocycles. The van der Waals surface area contributed by atoms with Gasteiger partial charge in [0.1, 0.15) is 5.58 Å². The van der Waals surface area contributed by atoms with Gasteiger partial charge >= 0.3 is 0 Å². The van der Waals surface area contributed by atoms with Gasteiger partial charge < -0.3 is 13.9 Å². The van der Waals surface area contributed by atoms with Crippen molar-refractivity contribution < 1.29 is 4.42 Å². The van der Waals surface area contributed by atoms with Crippen molar-refractivity contribution in [2.75, 3.05) is 4.90 Å². The molecule has 0 aliphatic rings. The van der Waals surface area contributed by atoms with Crippen LogP contribution in [0.25, 0.3) is 71.3 Å². The van der Waals surface area contributed by atoms with E-state index in [4.69, 9.17) is 4.42 Å². The summed E-state index contributed by atoms with van der Waals surface area (Å²) >= 11 is 0. The van der Waals surface area contributed by atoms with Crippen molar-refractivity contribution in [3.63, 3.8) is 0 Å².